The van der Waals surface area contributed by atoms with Crippen molar-refractivity contribution < 1.29 is 4.58 Å². The molecule has 0 saturated heterocycles. The first-order valence-corrected chi connectivity index (χ1v) is 4.01. The Morgan fingerprint density at radius 1 is 1.56 bits per heavy atom. The number of unbranched alkanes of at least 4 members (excludes halogenated alkanes) is 1. The van der Waals surface area contributed by atoms with Crippen LogP contribution in [0.5, 0.6) is 0 Å². The lowest BCUT2D eigenvalue weighted by atomic mass is 10.3. The summed E-state index contributed by atoms with van der Waals surface area (Å²) in [5.74, 6) is 0. The third kappa shape index (κ3) is 2.17. The van der Waals surface area contributed by atoms with E-state index in [1.807, 2.05) is 0 Å². The molecule has 1 rings (SSSR count). The maximum Gasteiger partial charge on any atom is 0.143 e. The predicted octanol–water partition coefficient (Wildman–Crippen LogP) is 1.66. The SMILES string of the molecule is CCCC[N+]1=CCCC1. The molecule has 0 bridgehead atoms. The third-order valence-electron chi connectivity index (χ3n) is 1.84. The molecule has 0 amide bonds. The summed E-state index contributed by atoms with van der Waals surface area (Å²) in [7, 11) is 0. The summed E-state index contributed by atoms with van der Waals surface area (Å²) >= 11 is 0. The highest BCUT2D eigenvalue weighted by Crippen LogP contribution is 1.98. The highest BCUT2D eigenvalue weighted by molar-refractivity contribution is 5.52. The van der Waals surface area contributed by atoms with Crippen molar-refractivity contribution in [1.29, 1.82) is 0 Å². The Balaban J connectivity index is 2.11. The molecule has 1 heteroatoms. The monoisotopic (exact) mass is 126 g/mol. The van der Waals surface area contributed by atoms with E-state index in [1.54, 1.807) is 0 Å². The van der Waals surface area contributed by atoms with Gasteiger partial charge in [-0.3, -0.25) is 0 Å². The van der Waals surface area contributed by atoms with E-state index in [9.17, 15) is 0 Å². The van der Waals surface area contributed by atoms with Crippen LogP contribution < -0.4 is 0 Å². The van der Waals surface area contributed by atoms with Crippen LogP contribution >= 0.6 is 0 Å². The summed E-state index contributed by atoms with van der Waals surface area (Å²) < 4.78 is 2.45. The largest absolute Gasteiger partial charge is 0.240 e. The molecule has 0 spiro atoms. The molecule has 0 aromatic carbocycles. The van der Waals surface area contributed by atoms with Gasteiger partial charge in [0.2, 0.25) is 0 Å². The van der Waals surface area contributed by atoms with Crippen LogP contribution in [0, 0.1) is 0 Å². The zero-order chi connectivity index (χ0) is 6.53. The Bertz CT molecular complexity index is 105. The molecule has 1 nitrogen and oxygen atoms in total. The van der Waals surface area contributed by atoms with Crippen molar-refractivity contribution in [1.82, 2.24) is 0 Å². The molecule has 0 aliphatic carbocycles. The maximum atomic E-state index is 2.45. The van der Waals surface area contributed by atoms with Gasteiger partial charge in [0.1, 0.15) is 19.3 Å². The van der Waals surface area contributed by atoms with Crippen molar-refractivity contribution in [3.63, 3.8) is 0 Å². The van der Waals surface area contributed by atoms with Gasteiger partial charge in [-0.05, 0) is 0 Å². The molecular formula is C8H16N+. The predicted molar refractivity (Wildman–Crippen MR) is 40.2 cm³/mol. The van der Waals surface area contributed by atoms with E-state index >= 15 is 0 Å². The van der Waals surface area contributed by atoms with Gasteiger partial charge >= 0.3 is 0 Å². The van der Waals surface area contributed by atoms with Crippen LogP contribution in [0.25, 0.3) is 0 Å². The lowest BCUT2D eigenvalue weighted by Crippen LogP contribution is -2.09. The zero-order valence-corrected chi connectivity index (χ0v) is 6.27. The van der Waals surface area contributed by atoms with Crippen LogP contribution in [0.1, 0.15) is 32.6 Å². The molecule has 0 unspecified atom stereocenters. The summed E-state index contributed by atoms with van der Waals surface area (Å²) in [4.78, 5) is 0. The smallest absolute Gasteiger partial charge is 0.143 e. The summed E-state index contributed by atoms with van der Waals surface area (Å²) in [6.07, 6.45) is 7.71. The minimum atomic E-state index is 1.29. The normalized spacial score (nSPS) is 18.1. The minimum Gasteiger partial charge on any atom is -0.240 e. The Morgan fingerprint density at radius 3 is 3.00 bits per heavy atom. The number of hydrogen-bond acceptors (Lipinski definition) is 0. The first kappa shape index (κ1) is 6.79. The quantitative estimate of drug-likeness (QED) is 0.506. The van der Waals surface area contributed by atoms with Gasteiger partial charge in [0.05, 0.1) is 0 Å². The Kier molecular flexibility index (Phi) is 2.75. The average Bonchev–Trinajstić information content (AvgIpc) is 2.34. The van der Waals surface area contributed by atoms with E-state index in [0.717, 1.165) is 0 Å². The molecule has 0 radical (unpaired) electrons. The van der Waals surface area contributed by atoms with Crippen molar-refractivity contribution in [3.05, 3.63) is 0 Å². The van der Waals surface area contributed by atoms with Gasteiger partial charge in [-0.2, -0.15) is 0 Å². The molecule has 0 fully saturated rings. The standard InChI is InChI=1S/C8H16N/c1-2-3-6-9-7-4-5-8-9/h7H,2-6,8H2,1H3/q+1. The van der Waals surface area contributed by atoms with Crippen LogP contribution in [0.3, 0.4) is 0 Å². The third-order valence-corrected chi connectivity index (χ3v) is 1.84. The number of nitrogens with zero attached hydrogens (tertiary/aromatic N) is 1. The van der Waals surface area contributed by atoms with Crippen LogP contribution in [-0.2, 0) is 0 Å². The zero-order valence-electron chi connectivity index (χ0n) is 6.27. The summed E-state index contributed by atoms with van der Waals surface area (Å²) in [6.45, 7) is 4.84. The van der Waals surface area contributed by atoms with E-state index in [-0.39, 0.29) is 0 Å². The molecule has 1 aliphatic heterocycles. The van der Waals surface area contributed by atoms with Crippen molar-refractivity contribution in [2.75, 3.05) is 13.1 Å². The summed E-state index contributed by atoms with van der Waals surface area (Å²) in [5, 5.41) is 0. The average molecular weight is 126 g/mol. The second kappa shape index (κ2) is 3.65. The first-order valence-electron chi connectivity index (χ1n) is 4.01. The molecule has 9 heavy (non-hydrogen) atoms. The van der Waals surface area contributed by atoms with E-state index in [1.165, 1.54) is 38.8 Å². The highest BCUT2D eigenvalue weighted by Gasteiger charge is 2.08. The van der Waals surface area contributed by atoms with Crippen molar-refractivity contribution in [2.24, 2.45) is 0 Å². The van der Waals surface area contributed by atoms with Gasteiger partial charge < -0.3 is 0 Å². The van der Waals surface area contributed by atoms with Gasteiger partial charge in [0.15, 0.2) is 0 Å². The van der Waals surface area contributed by atoms with Gasteiger partial charge in [-0.1, -0.05) is 13.3 Å². The van der Waals surface area contributed by atoms with Gasteiger partial charge in [0.25, 0.3) is 0 Å². The van der Waals surface area contributed by atoms with E-state index in [2.05, 4.69) is 17.7 Å². The molecule has 0 saturated carbocycles. The van der Waals surface area contributed by atoms with E-state index in [0.29, 0.717) is 0 Å². The molecular weight excluding hydrogens is 110 g/mol. The van der Waals surface area contributed by atoms with Crippen LogP contribution in [0.15, 0.2) is 0 Å². The topological polar surface area (TPSA) is 3.01 Å². The fraction of sp³-hybridized carbons (Fsp3) is 0.875. The molecule has 1 aliphatic rings. The van der Waals surface area contributed by atoms with Gasteiger partial charge in [-0.25, -0.2) is 4.58 Å². The van der Waals surface area contributed by atoms with Gasteiger partial charge in [0, 0.05) is 19.3 Å². The Morgan fingerprint density at radius 2 is 2.44 bits per heavy atom. The molecule has 52 valence electrons. The van der Waals surface area contributed by atoms with Crippen molar-refractivity contribution >= 4 is 6.21 Å². The van der Waals surface area contributed by atoms with Crippen molar-refractivity contribution in [3.8, 4) is 0 Å². The first-order chi connectivity index (χ1) is 4.43. The second-order valence-electron chi connectivity index (χ2n) is 2.71. The van der Waals surface area contributed by atoms with Crippen LogP contribution in [0.4, 0.5) is 0 Å². The fourth-order valence-electron chi connectivity index (χ4n) is 1.22. The summed E-state index contributed by atoms with van der Waals surface area (Å²) in [6, 6.07) is 0. The van der Waals surface area contributed by atoms with Crippen LogP contribution in [-0.4, -0.2) is 23.9 Å². The van der Waals surface area contributed by atoms with Crippen LogP contribution in [0.2, 0.25) is 0 Å². The molecule has 0 aromatic heterocycles. The molecule has 0 aromatic rings. The fourth-order valence-corrected chi connectivity index (χ4v) is 1.22. The minimum absolute atomic E-state index is 1.29. The molecule has 0 N–H and O–H groups in total. The molecule has 1 heterocycles. The lowest BCUT2D eigenvalue weighted by molar-refractivity contribution is -0.516. The van der Waals surface area contributed by atoms with E-state index < -0.39 is 0 Å². The second-order valence-corrected chi connectivity index (χ2v) is 2.71. The number of rotatable bonds is 3. The van der Waals surface area contributed by atoms with Gasteiger partial charge in [-0.15, -0.1) is 0 Å². The Labute approximate surface area is 57.4 Å². The highest BCUT2D eigenvalue weighted by atomic mass is 15.0. The van der Waals surface area contributed by atoms with Crippen molar-refractivity contribution in [2.45, 2.75) is 32.6 Å². The summed E-state index contributed by atoms with van der Waals surface area (Å²) in [5.41, 5.74) is 0. The maximum absolute atomic E-state index is 2.45. The molecule has 0 atom stereocenters. The van der Waals surface area contributed by atoms with E-state index in [4.69, 9.17) is 0 Å². The number of hydrogen-bond donors (Lipinski definition) is 0. The Hall–Kier alpha value is -0.330. The lowest BCUT2D eigenvalue weighted by Gasteiger charge is -1.93.